The molecule has 2 fully saturated rings. The molecule has 9 nitrogen and oxygen atoms in total. The second-order valence-electron chi connectivity index (χ2n) is 6.00. The molecule has 0 radical (unpaired) electrons. The van der Waals surface area contributed by atoms with Crippen molar-refractivity contribution >= 4 is 23.8 Å². The van der Waals surface area contributed by atoms with Crippen molar-refractivity contribution in [3.63, 3.8) is 0 Å². The van der Waals surface area contributed by atoms with Crippen LogP contribution in [-0.2, 0) is 38.1 Å². The maximum absolute atomic E-state index is 11.5. The summed E-state index contributed by atoms with van der Waals surface area (Å²) in [4.78, 5) is 45.5. The van der Waals surface area contributed by atoms with Gasteiger partial charge < -0.3 is 24.3 Å². The van der Waals surface area contributed by atoms with Crippen molar-refractivity contribution in [3.05, 3.63) is 0 Å². The highest BCUT2D eigenvalue weighted by Crippen LogP contribution is 2.50. The van der Waals surface area contributed by atoms with E-state index in [-0.39, 0.29) is 12.5 Å². The van der Waals surface area contributed by atoms with E-state index in [1.807, 2.05) is 0 Å². The summed E-state index contributed by atoms with van der Waals surface area (Å²) >= 11 is 0. The van der Waals surface area contributed by atoms with E-state index >= 15 is 0 Å². The lowest BCUT2D eigenvalue weighted by molar-refractivity contribution is -0.207. The van der Waals surface area contributed by atoms with Gasteiger partial charge in [0, 0.05) is 34.1 Å². The van der Waals surface area contributed by atoms with Gasteiger partial charge in [-0.2, -0.15) is 0 Å². The Labute approximate surface area is 138 Å². The van der Waals surface area contributed by atoms with Gasteiger partial charge in [-0.3, -0.25) is 19.2 Å². The first kappa shape index (κ1) is 18.2. The van der Waals surface area contributed by atoms with Crippen LogP contribution in [0.25, 0.3) is 0 Å². The lowest BCUT2D eigenvalue weighted by Crippen LogP contribution is -2.63. The van der Waals surface area contributed by atoms with E-state index < -0.39 is 47.9 Å². The molecule has 0 aromatic rings. The van der Waals surface area contributed by atoms with Gasteiger partial charge in [-0.1, -0.05) is 0 Å². The van der Waals surface area contributed by atoms with Gasteiger partial charge in [0.1, 0.15) is 18.2 Å². The summed E-state index contributed by atoms with van der Waals surface area (Å²) < 4.78 is 21.3. The van der Waals surface area contributed by atoms with Crippen LogP contribution in [-0.4, -0.2) is 60.4 Å². The second kappa shape index (κ2) is 6.76. The van der Waals surface area contributed by atoms with Crippen LogP contribution >= 0.6 is 0 Å². The lowest BCUT2D eigenvalue weighted by atomic mass is 9.95. The van der Waals surface area contributed by atoms with Crippen molar-refractivity contribution in [2.45, 2.75) is 64.1 Å². The van der Waals surface area contributed by atoms with E-state index in [0.29, 0.717) is 6.42 Å². The van der Waals surface area contributed by atoms with Crippen LogP contribution in [0.3, 0.4) is 0 Å². The van der Waals surface area contributed by atoms with Crippen LogP contribution in [0.1, 0.15) is 34.1 Å². The fourth-order valence-electron chi connectivity index (χ4n) is 3.04. The zero-order valence-corrected chi connectivity index (χ0v) is 14.0. The quantitative estimate of drug-likeness (QED) is 0.522. The largest absolute Gasteiger partial charge is 0.463 e. The summed E-state index contributed by atoms with van der Waals surface area (Å²) in [6.07, 6.45) is -2.74. The minimum absolute atomic E-state index is 0.155. The number of rotatable bonds is 5. The SMILES string of the molecule is CC(=O)NC12C[C@@H]1OC(COC(C)=O)[C@H](OC(C)=O)C2OC(C)=O. The topological polar surface area (TPSA) is 117 Å². The minimum atomic E-state index is -1.00. The normalized spacial score (nSPS) is 33.7. The van der Waals surface area contributed by atoms with Gasteiger partial charge in [0.05, 0.1) is 6.10 Å². The zero-order valence-electron chi connectivity index (χ0n) is 14.0. The summed E-state index contributed by atoms with van der Waals surface area (Å²) in [5.74, 6) is -2.02. The maximum Gasteiger partial charge on any atom is 0.303 e. The first-order valence-corrected chi connectivity index (χ1v) is 7.57. The van der Waals surface area contributed by atoms with Crippen molar-refractivity contribution in [2.75, 3.05) is 6.61 Å². The third kappa shape index (κ3) is 3.84. The number of esters is 3. The Morgan fingerprint density at radius 2 is 1.67 bits per heavy atom. The molecular formula is C15H21NO8. The number of fused-ring (bicyclic) bond motifs is 1. The molecule has 9 heteroatoms. The fourth-order valence-corrected chi connectivity index (χ4v) is 3.04. The number of hydrogen-bond acceptors (Lipinski definition) is 8. The first-order valence-electron chi connectivity index (χ1n) is 7.57. The fraction of sp³-hybridized carbons (Fsp3) is 0.733. The van der Waals surface area contributed by atoms with Gasteiger partial charge in [0.2, 0.25) is 5.91 Å². The molecular weight excluding hydrogens is 322 g/mol. The number of carbonyl (C=O) groups is 4. The van der Waals surface area contributed by atoms with E-state index in [1.165, 1.54) is 27.7 Å². The van der Waals surface area contributed by atoms with E-state index in [2.05, 4.69) is 5.32 Å². The average molecular weight is 343 g/mol. The summed E-state index contributed by atoms with van der Waals surface area (Å²) in [5.41, 5.74) is -0.940. The van der Waals surface area contributed by atoms with Crippen LogP contribution in [0.4, 0.5) is 0 Å². The third-order valence-corrected chi connectivity index (χ3v) is 3.90. The molecule has 1 saturated carbocycles. The zero-order chi connectivity index (χ0) is 18.1. The van der Waals surface area contributed by atoms with E-state index in [4.69, 9.17) is 18.9 Å². The van der Waals surface area contributed by atoms with Crippen LogP contribution in [0.5, 0.6) is 0 Å². The Morgan fingerprint density at radius 3 is 2.17 bits per heavy atom. The van der Waals surface area contributed by atoms with E-state index in [9.17, 15) is 19.2 Å². The highest BCUT2D eigenvalue weighted by atomic mass is 16.6. The molecule has 0 aromatic heterocycles. The molecule has 1 N–H and O–H groups in total. The molecule has 1 heterocycles. The molecule has 0 spiro atoms. The Balaban J connectivity index is 2.28. The van der Waals surface area contributed by atoms with Crippen LogP contribution < -0.4 is 5.32 Å². The first-order chi connectivity index (χ1) is 11.2. The minimum Gasteiger partial charge on any atom is -0.463 e. The molecule has 2 aliphatic rings. The van der Waals surface area contributed by atoms with Gasteiger partial charge >= 0.3 is 17.9 Å². The van der Waals surface area contributed by atoms with Crippen molar-refractivity contribution < 1.29 is 38.1 Å². The standard InChI is InChI=1S/C15H21NO8/c1-7(17)16-15-5-12(15)24-11(6-21-8(2)18)13(22-9(3)19)14(15)23-10(4)20/h11-14H,5-6H2,1-4H3,(H,16,17)/t11?,12-,13-,14?,15?/m0/s1. The Morgan fingerprint density at radius 1 is 1.04 bits per heavy atom. The van der Waals surface area contributed by atoms with Crippen LogP contribution in [0.2, 0.25) is 0 Å². The van der Waals surface area contributed by atoms with Crippen molar-refractivity contribution in [1.82, 2.24) is 5.32 Å². The van der Waals surface area contributed by atoms with Crippen molar-refractivity contribution in [2.24, 2.45) is 0 Å². The Kier molecular flexibility index (Phi) is 5.12. The average Bonchev–Trinajstić information content (AvgIpc) is 3.11. The molecule has 24 heavy (non-hydrogen) atoms. The molecule has 134 valence electrons. The van der Waals surface area contributed by atoms with E-state index in [0.717, 1.165) is 0 Å². The van der Waals surface area contributed by atoms with Crippen LogP contribution in [0, 0.1) is 0 Å². The molecule has 3 unspecified atom stereocenters. The molecule has 0 bridgehead atoms. The number of amides is 1. The van der Waals surface area contributed by atoms with Crippen molar-refractivity contribution in [3.8, 4) is 0 Å². The van der Waals surface area contributed by atoms with Gasteiger partial charge in [-0.25, -0.2) is 0 Å². The summed E-state index contributed by atoms with van der Waals surface area (Å²) in [6.45, 7) is 4.85. The molecule has 5 atom stereocenters. The summed E-state index contributed by atoms with van der Waals surface area (Å²) in [5, 5.41) is 2.74. The highest BCUT2D eigenvalue weighted by molar-refractivity contribution is 5.75. The molecule has 1 amide bonds. The second-order valence-corrected chi connectivity index (χ2v) is 6.00. The smallest absolute Gasteiger partial charge is 0.303 e. The monoisotopic (exact) mass is 343 g/mol. The number of nitrogens with one attached hydrogen (secondary N) is 1. The number of ether oxygens (including phenoxy) is 4. The van der Waals surface area contributed by atoms with Gasteiger partial charge in [0.25, 0.3) is 0 Å². The molecule has 1 aliphatic heterocycles. The molecule has 0 aromatic carbocycles. The van der Waals surface area contributed by atoms with Gasteiger partial charge in [-0.15, -0.1) is 0 Å². The lowest BCUT2D eigenvalue weighted by Gasteiger charge is -2.41. The van der Waals surface area contributed by atoms with E-state index in [1.54, 1.807) is 0 Å². The Hall–Kier alpha value is -2.16. The maximum atomic E-state index is 11.5. The van der Waals surface area contributed by atoms with Crippen LogP contribution in [0.15, 0.2) is 0 Å². The molecule has 2 rings (SSSR count). The Bertz CT molecular complexity index is 562. The highest BCUT2D eigenvalue weighted by Gasteiger charge is 2.70. The molecule has 1 aliphatic carbocycles. The predicted molar refractivity (Wildman–Crippen MR) is 77.6 cm³/mol. The summed E-state index contributed by atoms with van der Waals surface area (Å²) in [7, 11) is 0. The third-order valence-electron chi connectivity index (χ3n) is 3.90. The van der Waals surface area contributed by atoms with Crippen molar-refractivity contribution in [1.29, 1.82) is 0 Å². The number of hydrogen-bond donors (Lipinski definition) is 1. The summed E-state index contributed by atoms with van der Waals surface area (Å²) in [6, 6.07) is 0. The van der Waals surface area contributed by atoms with Gasteiger partial charge in [-0.05, 0) is 0 Å². The van der Waals surface area contributed by atoms with Gasteiger partial charge in [0.15, 0.2) is 12.2 Å². The number of carbonyl (C=O) groups excluding carboxylic acids is 4. The predicted octanol–water partition coefficient (Wildman–Crippen LogP) is -0.541. The molecule has 1 saturated heterocycles.